The van der Waals surface area contributed by atoms with Gasteiger partial charge in [-0.2, -0.15) is 5.10 Å². The summed E-state index contributed by atoms with van der Waals surface area (Å²) in [5.41, 5.74) is 2.29. The number of aromatic nitrogens is 2. The van der Waals surface area contributed by atoms with Crippen molar-refractivity contribution >= 4 is 11.7 Å². The van der Waals surface area contributed by atoms with Crippen LogP contribution in [0.1, 0.15) is 39.3 Å². The number of nitrogens with one attached hydrogen (secondary N) is 1. The van der Waals surface area contributed by atoms with Gasteiger partial charge in [0.25, 0.3) is 0 Å². The van der Waals surface area contributed by atoms with Gasteiger partial charge in [-0.1, -0.05) is 32.9 Å². The van der Waals surface area contributed by atoms with Crippen LogP contribution in [-0.2, 0) is 17.8 Å². The van der Waals surface area contributed by atoms with Gasteiger partial charge in [-0.3, -0.25) is 9.48 Å². The minimum atomic E-state index is -0.429. The number of fused-ring (bicyclic) bond motifs is 1. The number of carbonyl (C=O) groups is 1. The second-order valence-corrected chi connectivity index (χ2v) is 7.83. The number of rotatable bonds is 3. The number of carbonyl (C=O) groups excluding carboxylic acids is 1. The van der Waals surface area contributed by atoms with E-state index in [0.29, 0.717) is 31.6 Å². The Hall–Kier alpha value is -2.21. The number of nitrogens with zero attached hydrogens (tertiary/aromatic N) is 2. The first kappa shape index (κ1) is 17.6. The average molecular weight is 345 g/mol. The molecule has 2 N–H and O–H groups in total. The Balaban J connectivity index is 2.00. The van der Waals surface area contributed by atoms with Crippen LogP contribution >= 0.6 is 0 Å². The number of hydrogen-bond donors (Lipinski definition) is 2. The summed E-state index contributed by atoms with van der Waals surface area (Å²) in [4.78, 5) is 12.4. The summed E-state index contributed by atoms with van der Waals surface area (Å²) >= 11 is 0. The Kier molecular flexibility index (Phi) is 4.64. The van der Waals surface area contributed by atoms with Gasteiger partial charge < -0.3 is 10.4 Å². The molecular weight excluding hydrogens is 321 g/mol. The van der Waals surface area contributed by atoms with Crippen molar-refractivity contribution in [2.75, 3.05) is 5.32 Å². The molecule has 1 unspecified atom stereocenters. The van der Waals surface area contributed by atoms with Crippen LogP contribution in [0.15, 0.2) is 24.3 Å². The summed E-state index contributed by atoms with van der Waals surface area (Å²) in [6.45, 7) is 6.60. The minimum Gasteiger partial charge on any atom is -0.393 e. The van der Waals surface area contributed by atoms with Crippen LogP contribution in [0.4, 0.5) is 10.2 Å². The average Bonchev–Trinajstić information content (AvgIpc) is 2.83. The molecular formula is C19H24FN3O2. The Bertz CT molecular complexity index is 775. The van der Waals surface area contributed by atoms with Crippen molar-refractivity contribution in [3.05, 3.63) is 35.8 Å². The van der Waals surface area contributed by atoms with Crippen LogP contribution < -0.4 is 5.32 Å². The molecule has 1 aromatic carbocycles. The molecule has 1 amide bonds. The maximum absolute atomic E-state index is 13.3. The number of halogens is 1. The third-order valence-corrected chi connectivity index (χ3v) is 4.24. The highest BCUT2D eigenvalue weighted by atomic mass is 19.1. The summed E-state index contributed by atoms with van der Waals surface area (Å²) in [6.07, 6.45) is 1.05. The van der Waals surface area contributed by atoms with E-state index in [1.165, 1.54) is 12.1 Å². The van der Waals surface area contributed by atoms with Gasteiger partial charge in [0.05, 0.1) is 11.8 Å². The molecule has 2 aromatic rings. The van der Waals surface area contributed by atoms with Crippen molar-refractivity contribution in [1.29, 1.82) is 0 Å². The van der Waals surface area contributed by atoms with Crippen molar-refractivity contribution in [1.82, 2.24) is 9.78 Å². The van der Waals surface area contributed by atoms with E-state index < -0.39 is 6.10 Å². The number of aryl methyl sites for hydroxylation is 1. The van der Waals surface area contributed by atoms with Crippen molar-refractivity contribution in [3.63, 3.8) is 0 Å². The molecule has 1 atom stereocenters. The number of aliphatic hydroxyl groups is 1. The normalized spacial score (nSPS) is 17.2. The summed E-state index contributed by atoms with van der Waals surface area (Å²) in [5, 5.41) is 17.5. The van der Waals surface area contributed by atoms with E-state index in [1.807, 2.05) is 25.5 Å². The van der Waals surface area contributed by atoms with E-state index in [2.05, 4.69) is 10.4 Å². The van der Waals surface area contributed by atoms with Crippen LogP contribution in [0, 0.1) is 11.2 Å². The number of amides is 1. The molecule has 1 aliphatic heterocycles. The molecule has 2 heterocycles. The first-order valence-corrected chi connectivity index (χ1v) is 8.56. The Morgan fingerprint density at radius 2 is 2.04 bits per heavy atom. The molecule has 1 aromatic heterocycles. The maximum atomic E-state index is 13.3. The minimum absolute atomic E-state index is 0.105. The predicted octanol–water partition coefficient (Wildman–Crippen LogP) is 3.37. The lowest BCUT2D eigenvalue weighted by Gasteiger charge is -2.19. The quantitative estimate of drug-likeness (QED) is 0.896. The number of aliphatic hydroxyl groups excluding tert-OH is 1. The smallest absolute Gasteiger partial charge is 0.226 e. The van der Waals surface area contributed by atoms with Crippen molar-refractivity contribution in [3.8, 4) is 11.1 Å². The molecule has 134 valence electrons. The first-order valence-electron chi connectivity index (χ1n) is 8.56. The fourth-order valence-corrected chi connectivity index (χ4v) is 3.15. The van der Waals surface area contributed by atoms with Crippen molar-refractivity contribution in [2.24, 2.45) is 5.41 Å². The maximum Gasteiger partial charge on any atom is 0.226 e. The van der Waals surface area contributed by atoms with Gasteiger partial charge in [-0.05, 0) is 29.5 Å². The number of hydrogen-bond acceptors (Lipinski definition) is 3. The molecule has 0 saturated carbocycles. The van der Waals surface area contributed by atoms with Gasteiger partial charge in [0.1, 0.15) is 5.82 Å². The van der Waals surface area contributed by atoms with Gasteiger partial charge in [-0.25, -0.2) is 4.39 Å². The van der Waals surface area contributed by atoms with E-state index in [0.717, 1.165) is 16.8 Å². The third kappa shape index (κ3) is 4.07. The van der Waals surface area contributed by atoms with E-state index >= 15 is 0 Å². The second kappa shape index (κ2) is 6.59. The van der Waals surface area contributed by atoms with E-state index in [9.17, 15) is 14.3 Å². The molecule has 0 fully saturated rings. The summed E-state index contributed by atoms with van der Waals surface area (Å²) < 4.78 is 15.1. The van der Waals surface area contributed by atoms with Crippen LogP contribution in [0.25, 0.3) is 11.1 Å². The molecule has 0 saturated heterocycles. The zero-order chi connectivity index (χ0) is 18.2. The lowest BCUT2D eigenvalue weighted by molar-refractivity contribution is -0.117. The molecule has 0 radical (unpaired) electrons. The predicted molar refractivity (Wildman–Crippen MR) is 94.7 cm³/mol. The molecule has 0 bridgehead atoms. The highest BCUT2D eigenvalue weighted by molar-refractivity contribution is 5.95. The molecule has 0 spiro atoms. The van der Waals surface area contributed by atoms with Crippen LogP contribution in [0.3, 0.4) is 0 Å². The lowest BCUT2D eigenvalue weighted by atomic mass is 9.92. The standard InChI is InChI=1S/C19H24FN3O2/c1-19(2,3)11-16(25)21-18-17(12-4-6-13(20)7-5-12)15-10-14(24)8-9-23(15)22-18/h4-7,14,24H,8-11H2,1-3H3,(H,21,22,25). The van der Waals surface area contributed by atoms with Crippen molar-refractivity contribution < 1.29 is 14.3 Å². The molecule has 6 heteroatoms. The Morgan fingerprint density at radius 3 is 2.68 bits per heavy atom. The van der Waals surface area contributed by atoms with Gasteiger partial charge in [0.15, 0.2) is 5.82 Å². The molecule has 0 aliphatic carbocycles. The molecule has 5 nitrogen and oxygen atoms in total. The summed E-state index contributed by atoms with van der Waals surface area (Å²) in [5.74, 6) is 0.0555. The zero-order valence-corrected chi connectivity index (χ0v) is 14.8. The topological polar surface area (TPSA) is 67.2 Å². The van der Waals surface area contributed by atoms with E-state index in [-0.39, 0.29) is 17.1 Å². The van der Waals surface area contributed by atoms with Crippen molar-refractivity contribution in [2.45, 2.75) is 52.7 Å². The van der Waals surface area contributed by atoms with Gasteiger partial charge in [0.2, 0.25) is 5.91 Å². The number of benzene rings is 1. The van der Waals surface area contributed by atoms with Crippen LogP contribution in [-0.4, -0.2) is 26.9 Å². The molecule has 1 aliphatic rings. The monoisotopic (exact) mass is 345 g/mol. The summed E-state index contributed by atoms with van der Waals surface area (Å²) in [6, 6.07) is 6.12. The molecule has 25 heavy (non-hydrogen) atoms. The largest absolute Gasteiger partial charge is 0.393 e. The zero-order valence-electron chi connectivity index (χ0n) is 14.8. The Labute approximate surface area is 146 Å². The fourth-order valence-electron chi connectivity index (χ4n) is 3.15. The fraction of sp³-hybridized carbons (Fsp3) is 0.474. The van der Waals surface area contributed by atoms with Gasteiger partial charge in [-0.15, -0.1) is 0 Å². The Morgan fingerprint density at radius 1 is 1.36 bits per heavy atom. The second-order valence-electron chi connectivity index (χ2n) is 7.83. The first-order chi connectivity index (χ1) is 11.7. The highest BCUT2D eigenvalue weighted by Gasteiger charge is 2.27. The summed E-state index contributed by atoms with van der Waals surface area (Å²) in [7, 11) is 0. The molecule has 3 rings (SSSR count). The van der Waals surface area contributed by atoms with E-state index in [1.54, 1.807) is 12.1 Å². The number of anilines is 1. The highest BCUT2D eigenvalue weighted by Crippen LogP contribution is 2.35. The third-order valence-electron chi connectivity index (χ3n) is 4.24. The van der Waals surface area contributed by atoms with Gasteiger partial charge >= 0.3 is 0 Å². The van der Waals surface area contributed by atoms with E-state index in [4.69, 9.17) is 0 Å². The van der Waals surface area contributed by atoms with Crippen LogP contribution in [0.5, 0.6) is 0 Å². The van der Waals surface area contributed by atoms with Crippen LogP contribution in [0.2, 0.25) is 0 Å². The van der Waals surface area contributed by atoms with Gasteiger partial charge in [0, 0.05) is 24.9 Å². The lowest BCUT2D eigenvalue weighted by Crippen LogP contribution is -2.23. The SMILES string of the molecule is CC(C)(C)CC(=O)Nc1nn2c(c1-c1ccc(F)cc1)CC(O)CC2.